The van der Waals surface area contributed by atoms with E-state index in [1.54, 1.807) is 24.3 Å². The van der Waals surface area contributed by atoms with E-state index in [-0.39, 0.29) is 22.5 Å². The standard InChI is InChI=1S/C27H31NO4P2/c1-33-26-20-18-13-14-19(15-18)21(20)27(28-26,34-2)23(32-25(30)17-11-7-4-8-12-17)22(26)31-24(29)16-9-5-3-6-10-16/h3-12,18-23,28,33-34H,13-15H2,1-2H3. The molecule has 10 unspecified atom stereocenters. The number of benzene rings is 2. The van der Waals surface area contributed by atoms with Gasteiger partial charge in [-0.05, 0) is 80.5 Å². The quantitative estimate of drug-likeness (QED) is 0.464. The second-order valence-corrected chi connectivity index (χ2v) is 12.8. The number of hydrogen-bond acceptors (Lipinski definition) is 5. The van der Waals surface area contributed by atoms with E-state index in [2.05, 4.69) is 18.6 Å². The fourth-order valence-corrected chi connectivity index (χ4v) is 11.0. The van der Waals surface area contributed by atoms with Crippen LogP contribution in [0, 0.1) is 23.7 Å². The zero-order valence-electron chi connectivity index (χ0n) is 19.5. The molecule has 2 aliphatic carbocycles. The fourth-order valence-electron chi connectivity index (χ4n) is 7.68. The van der Waals surface area contributed by atoms with Crippen LogP contribution in [0.25, 0.3) is 0 Å². The maximum atomic E-state index is 13.3. The Morgan fingerprint density at radius 2 is 1.18 bits per heavy atom. The number of nitrogens with one attached hydrogen (secondary N) is 1. The summed E-state index contributed by atoms with van der Waals surface area (Å²) in [5.74, 6) is 1.60. The van der Waals surface area contributed by atoms with Crippen molar-refractivity contribution in [2.45, 2.75) is 42.0 Å². The highest BCUT2D eigenvalue weighted by molar-refractivity contribution is 7.41. The van der Waals surface area contributed by atoms with Crippen LogP contribution in [-0.4, -0.2) is 48.0 Å². The van der Waals surface area contributed by atoms with Crippen molar-refractivity contribution in [1.29, 1.82) is 0 Å². The molecule has 0 amide bonds. The van der Waals surface area contributed by atoms with E-state index in [1.807, 2.05) is 36.4 Å². The maximum Gasteiger partial charge on any atom is 0.338 e. The largest absolute Gasteiger partial charge is 0.452 e. The molecule has 4 fully saturated rings. The van der Waals surface area contributed by atoms with E-state index in [4.69, 9.17) is 9.47 Å². The third kappa shape index (κ3) is 3.10. The zero-order chi connectivity index (χ0) is 23.5. The number of hydrogen-bond donors (Lipinski definition) is 1. The number of esters is 2. The van der Waals surface area contributed by atoms with Gasteiger partial charge in [0, 0.05) is 0 Å². The van der Waals surface area contributed by atoms with Crippen molar-refractivity contribution in [3.05, 3.63) is 71.8 Å². The van der Waals surface area contributed by atoms with Crippen LogP contribution in [0.1, 0.15) is 40.0 Å². The molecule has 2 aromatic carbocycles. The summed E-state index contributed by atoms with van der Waals surface area (Å²) in [6, 6.07) is 18.3. The Labute approximate surface area is 204 Å². The van der Waals surface area contributed by atoms with E-state index < -0.39 is 12.2 Å². The normalized spacial score (nSPS) is 39.8. The molecule has 10 atom stereocenters. The minimum absolute atomic E-state index is 0.334. The van der Waals surface area contributed by atoms with E-state index in [1.165, 1.54) is 19.3 Å². The monoisotopic (exact) mass is 495 g/mol. The lowest BCUT2D eigenvalue weighted by Gasteiger charge is -2.49. The zero-order valence-corrected chi connectivity index (χ0v) is 21.5. The SMILES string of the molecule is CPC12NC(PC)(C(OC(=O)c3ccccc3)C1OC(=O)c1ccccc1)C1C3CCC(C3)C12. The number of rotatable bonds is 6. The summed E-state index contributed by atoms with van der Waals surface area (Å²) >= 11 is 0. The molecule has 34 heavy (non-hydrogen) atoms. The van der Waals surface area contributed by atoms with Crippen molar-refractivity contribution in [3.63, 3.8) is 0 Å². The molecule has 6 rings (SSSR count). The highest BCUT2D eigenvalue weighted by Crippen LogP contribution is 2.74. The van der Waals surface area contributed by atoms with E-state index in [0.717, 1.165) is 0 Å². The van der Waals surface area contributed by atoms with Gasteiger partial charge in [-0.2, -0.15) is 0 Å². The van der Waals surface area contributed by atoms with E-state index in [9.17, 15) is 9.59 Å². The predicted octanol–water partition coefficient (Wildman–Crippen LogP) is 4.73. The van der Waals surface area contributed by atoms with Gasteiger partial charge < -0.3 is 9.47 Å². The molecule has 2 aromatic rings. The minimum atomic E-state index is -0.496. The van der Waals surface area contributed by atoms with Crippen molar-refractivity contribution in [2.75, 3.05) is 13.3 Å². The summed E-state index contributed by atoms with van der Waals surface area (Å²) in [4.78, 5) is 26.6. The van der Waals surface area contributed by atoms with Gasteiger partial charge in [-0.1, -0.05) is 53.6 Å². The van der Waals surface area contributed by atoms with Gasteiger partial charge in [0.05, 0.1) is 21.7 Å². The van der Waals surface area contributed by atoms with Crippen molar-refractivity contribution < 1.29 is 19.1 Å². The molecule has 2 saturated heterocycles. The molecule has 0 radical (unpaired) electrons. The summed E-state index contributed by atoms with van der Waals surface area (Å²) in [7, 11) is 1.08. The molecule has 4 bridgehead atoms. The highest BCUT2D eigenvalue weighted by Gasteiger charge is 2.80. The summed E-state index contributed by atoms with van der Waals surface area (Å²) in [6.07, 6.45) is 2.79. The Balaban J connectivity index is 1.41. The molecular weight excluding hydrogens is 464 g/mol. The van der Waals surface area contributed by atoms with Crippen molar-refractivity contribution >= 4 is 29.1 Å². The van der Waals surface area contributed by atoms with Crippen LogP contribution in [-0.2, 0) is 9.47 Å². The molecule has 2 aliphatic heterocycles. The average molecular weight is 495 g/mol. The maximum absolute atomic E-state index is 13.3. The Morgan fingerprint density at radius 3 is 1.56 bits per heavy atom. The van der Waals surface area contributed by atoms with Crippen molar-refractivity contribution in [1.82, 2.24) is 5.32 Å². The lowest BCUT2D eigenvalue weighted by Crippen LogP contribution is -2.59. The molecule has 7 heteroatoms. The number of ether oxygens (including phenoxy) is 2. The Morgan fingerprint density at radius 1 is 0.765 bits per heavy atom. The van der Waals surface area contributed by atoms with Crippen molar-refractivity contribution in [2.24, 2.45) is 23.7 Å². The van der Waals surface area contributed by atoms with Crippen LogP contribution >= 0.6 is 17.2 Å². The first-order valence-corrected chi connectivity index (χ1v) is 15.2. The van der Waals surface area contributed by atoms with Crippen molar-refractivity contribution in [3.8, 4) is 0 Å². The molecular formula is C27H31NO4P2. The van der Waals surface area contributed by atoms with Gasteiger partial charge in [-0.25, -0.2) is 9.59 Å². The van der Waals surface area contributed by atoms with Crippen LogP contribution in [0.15, 0.2) is 60.7 Å². The summed E-state index contributed by atoms with van der Waals surface area (Å²) in [6.45, 7) is 4.44. The third-order valence-corrected chi connectivity index (χ3v) is 12.0. The van der Waals surface area contributed by atoms with Gasteiger partial charge in [0.25, 0.3) is 0 Å². The first kappa shape index (κ1) is 22.7. The van der Waals surface area contributed by atoms with E-state index >= 15 is 0 Å². The van der Waals surface area contributed by atoms with Gasteiger partial charge in [-0.15, -0.1) is 0 Å². The van der Waals surface area contributed by atoms with E-state index in [0.29, 0.717) is 52.0 Å². The summed E-state index contributed by atoms with van der Waals surface area (Å²) < 4.78 is 12.7. The molecule has 1 N–H and O–H groups in total. The van der Waals surface area contributed by atoms with Gasteiger partial charge in [0.15, 0.2) is 12.2 Å². The van der Waals surface area contributed by atoms with Crippen LogP contribution < -0.4 is 5.32 Å². The Bertz CT molecular complexity index is 1010. The fraction of sp³-hybridized carbons (Fsp3) is 0.481. The number of carbonyl (C=O) groups is 2. The molecule has 5 nitrogen and oxygen atoms in total. The van der Waals surface area contributed by atoms with Gasteiger partial charge >= 0.3 is 11.9 Å². The van der Waals surface area contributed by atoms with Gasteiger partial charge in [-0.3, -0.25) is 5.32 Å². The molecule has 2 heterocycles. The smallest absolute Gasteiger partial charge is 0.338 e. The molecule has 0 aromatic heterocycles. The first-order chi connectivity index (χ1) is 16.5. The summed E-state index contributed by atoms with van der Waals surface area (Å²) in [5, 5.41) is 3.37. The average Bonchev–Trinajstić information content (AvgIpc) is 3.63. The Kier molecular flexibility index (Phi) is 5.60. The molecule has 2 saturated carbocycles. The molecule has 0 spiro atoms. The third-order valence-electron chi connectivity index (χ3n) is 8.87. The number of fused-ring (bicyclic) bond motifs is 9. The van der Waals surface area contributed by atoms with Crippen LogP contribution in [0.5, 0.6) is 0 Å². The van der Waals surface area contributed by atoms with Crippen LogP contribution in [0.4, 0.5) is 0 Å². The molecule has 178 valence electrons. The van der Waals surface area contributed by atoms with Crippen LogP contribution in [0.2, 0.25) is 0 Å². The second kappa shape index (κ2) is 8.40. The summed E-state index contributed by atoms with van der Waals surface area (Å²) in [5.41, 5.74) is 1.07. The second-order valence-electron chi connectivity index (χ2n) is 10.1. The molecule has 4 aliphatic rings. The topological polar surface area (TPSA) is 64.6 Å². The lowest BCUT2D eigenvalue weighted by molar-refractivity contribution is -0.0752. The minimum Gasteiger partial charge on any atom is -0.452 e. The van der Waals surface area contributed by atoms with Gasteiger partial charge in [0.1, 0.15) is 0 Å². The predicted molar refractivity (Wildman–Crippen MR) is 136 cm³/mol. The number of carbonyl (C=O) groups excluding carboxylic acids is 2. The first-order valence-electron chi connectivity index (χ1n) is 12.2. The highest BCUT2D eigenvalue weighted by atomic mass is 31.1. The van der Waals surface area contributed by atoms with Crippen LogP contribution in [0.3, 0.4) is 0 Å². The Hall–Kier alpha value is -1.80. The van der Waals surface area contributed by atoms with Gasteiger partial charge in [0.2, 0.25) is 0 Å². The lowest BCUT2D eigenvalue weighted by atomic mass is 9.68.